The maximum absolute atomic E-state index is 12.7. The van der Waals surface area contributed by atoms with E-state index >= 15 is 0 Å². The van der Waals surface area contributed by atoms with Gasteiger partial charge in [-0.1, -0.05) is 72.3 Å². The number of anilines is 1. The van der Waals surface area contributed by atoms with E-state index in [-0.39, 0.29) is 5.91 Å². The van der Waals surface area contributed by atoms with E-state index in [4.69, 9.17) is 16.2 Å². The standard InChI is InChI=1S/C25H16ClN3O2/c26-18-11-14-22(27-25(30)17-9-5-2-6-10-17)21(15-18)20-13-12-19(16-7-3-1-4-8-16)23-24(20)29-31-28-23/h1-15H,(H,27,30). The fourth-order valence-corrected chi connectivity index (χ4v) is 3.74. The Morgan fingerprint density at radius 1 is 0.742 bits per heavy atom. The number of fused-ring (bicyclic) bond motifs is 1. The smallest absolute Gasteiger partial charge is 0.255 e. The predicted molar refractivity (Wildman–Crippen MR) is 122 cm³/mol. The zero-order valence-electron chi connectivity index (χ0n) is 16.2. The molecule has 5 nitrogen and oxygen atoms in total. The first-order valence-corrected chi connectivity index (χ1v) is 10.1. The van der Waals surface area contributed by atoms with Gasteiger partial charge in [-0.25, -0.2) is 4.63 Å². The highest BCUT2D eigenvalue weighted by molar-refractivity contribution is 6.31. The molecule has 0 radical (unpaired) electrons. The molecule has 0 aliphatic rings. The summed E-state index contributed by atoms with van der Waals surface area (Å²) >= 11 is 6.30. The summed E-state index contributed by atoms with van der Waals surface area (Å²) in [5.74, 6) is -0.209. The minimum absolute atomic E-state index is 0.209. The van der Waals surface area contributed by atoms with Crippen LogP contribution in [0.25, 0.3) is 33.3 Å². The topological polar surface area (TPSA) is 68.0 Å². The first-order chi connectivity index (χ1) is 15.2. The minimum Gasteiger partial charge on any atom is -0.321 e. The number of amides is 1. The molecule has 1 heterocycles. The Kier molecular flexibility index (Phi) is 4.94. The lowest BCUT2D eigenvalue weighted by molar-refractivity contribution is 0.102. The van der Waals surface area contributed by atoms with Gasteiger partial charge in [-0.3, -0.25) is 4.79 Å². The zero-order valence-corrected chi connectivity index (χ0v) is 17.0. The summed E-state index contributed by atoms with van der Waals surface area (Å²) < 4.78 is 5.09. The van der Waals surface area contributed by atoms with Crippen LogP contribution in [0.2, 0.25) is 5.02 Å². The maximum atomic E-state index is 12.7. The summed E-state index contributed by atoms with van der Waals surface area (Å²) in [6.45, 7) is 0. The average Bonchev–Trinajstić information content (AvgIpc) is 3.31. The summed E-state index contributed by atoms with van der Waals surface area (Å²) in [7, 11) is 0. The number of nitrogens with zero attached hydrogens (tertiary/aromatic N) is 2. The number of hydrogen-bond acceptors (Lipinski definition) is 4. The van der Waals surface area contributed by atoms with Crippen molar-refractivity contribution in [1.29, 1.82) is 0 Å². The normalized spacial score (nSPS) is 10.9. The van der Waals surface area contributed by atoms with E-state index in [0.29, 0.717) is 27.3 Å². The van der Waals surface area contributed by atoms with Crippen molar-refractivity contribution in [3.05, 3.63) is 102 Å². The number of hydrogen-bond donors (Lipinski definition) is 1. The lowest BCUT2D eigenvalue weighted by Crippen LogP contribution is -2.12. The number of nitrogens with one attached hydrogen (secondary N) is 1. The largest absolute Gasteiger partial charge is 0.321 e. The Morgan fingerprint density at radius 2 is 1.39 bits per heavy atom. The van der Waals surface area contributed by atoms with Gasteiger partial charge in [0.25, 0.3) is 5.91 Å². The van der Waals surface area contributed by atoms with Crippen molar-refractivity contribution in [3.8, 4) is 22.3 Å². The molecular weight excluding hydrogens is 410 g/mol. The summed E-state index contributed by atoms with van der Waals surface area (Å²) in [6, 6.07) is 28.2. The Balaban J connectivity index is 1.62. The molecule has 1 aromatic heterocycles. The summed E-state index contributed by atoms with van der Waals surface area (Å²) in [5, 5.41) is 11.8. The molecule has 5 aromatic rings. The van der Waals surface area contributed by atoms with Crippen LogP contribution in [0.5, 0.6) is 0 Å². The minimum atomic E-state index is -0.209. The predicted octanol–water partition coefficient (Wildman–Crippen LogP) is 6.46. The molecule has 0 fully saturated rings. The highest BCUT2D eigenvalue weighted by atomic mass is 35.5. The van der Waals surface area contributed by atoms with Gasteiger partial charge in [-0.2, -0.15) is 0 Å². The highest BCUT2D eigenvalue weighted by Gasteiger charge is 2.18. The summed E-state index contributed by atoms with van der Waals surface area (Å²) in [4.78, 5) is 12.7. The van der Waals surface area contributed by atoms with Crippen LogP contribution in [0, 0.1) is 0 Å². The van der Waals surface area contributed by atoms with Crippen LogP contribution in [-0.4, -0.2) is 16.2 Å². The lowest BCUT2D eigenvalue weighted by Gasteiger charge is -2.13. The van der Waals surface area contributed by atoms with Gasteiger partial charge >= 0.3 is 0 Å². The quantitative estimate of drug-likeness (QED) is 0.358. The molecule has 0 spiro atoms. The molecule has 0 saturated carbocycles. The van der Waals surface area contributed by atoms with Gasteiger partial charge in [0, 0.05) is 33.0 Å². The van der Waals surface area contributed by atoms with Crippen LogP contribution in [0.4, 0.5) is 5.69 Å². The van der Waals surface area contributed by atoms with E-state index in [2.05, 4.69) is 15.6 Å². The van der Waals surface area contributed by atoms with E-state index in [9.17, 15) is 4.79 Å². The van der Waals surface area contributed by atoms with Gasteiger partial charge in [0.2, 0.25) is 0 Å². The van der Waals surface area contributed by atoms with E-state index in [1.807, 2.05) is 60.7 Å². The van der Waals surface area contributed by atoms with E-state index in [1.165, 1.54) is 0 Å². The number of carbonyl (C=O) groups is 1. The third kappa shape index (κ3) is 3.67. The van der Waals surface area contributed by atoms with Gasteiger partial charge in [0.1, 0.15) is 11.0 Å². The SMILES string of the molecule is O=C(Nc1ccc(Cl)cc1-c1ccc(-c2ccccc2)c2nonc12)c1ccccc1. The molecule has 0 atom stereocenters. The van der Waals surface area contributed by atoms with Gasteiger partial charge in [0.05, 0.1) is 0 Å². The second-order valence-electron chi connectivity index (χ2n) is 7.00. The summed E-state index contributed by atoms with van der Waals surface area (Å²) in [5.41, 5.74) is 5.85. The van der Waals surface area contributed by atoms with Crippen molar-refractivity contribution in [1.82, 2.24) is 10.3 Å². The van der Waals surface area contributed by atoms with Crippen molar-refractivity contribution in [3.63, 3.8) is 0 Å². The van der Waals surface area contributed by atoms with E-state index in [1.54, 1.807) is 30.3 Å². The van der Waals surface area contributed by atoms with Gasteiger partial charge in [0.15, 0.2) is 0 Å². The fraction of sp³-hybridized carbons (Fsp3) is 0. The number of aromatic nitrogens is 2. The van der Waals surface area contributed by atoms with Crippen LogP contribution < -0.4 is 5.32 Å². The molecule has 0 unspecified atom stereocenters. The Hall–Kier alpha value is -3.96. The van der Waals surface area contributed by atoms with E-state index in [0.717, 1.165) is 22.3 Å². The van der Waals surface area contributed by atoms with Crippen molar-refractivity contribution in [2.45, 2.75) is 0 Å². The molecule has 0 aliphatic heterocycles. The molecule has 0 bridgehead atoms. The van der Waals surface area contributed by atoms with Crippen LogP contribution in [0.1, 0.15) is 10.4 Å². The van der Waals surface area contributed by atoms with Crippen molar-refractivity contribution in [2.24, 2.45) is 0 Å². The maximum Gasteiger partial charge on any atom is 0.255 e. The van der Waals surface area contributed by atoms with Crippen LogP contribution in [0.3, 0.4) is 0 Å². The monoisotopic (exact) mass is 425 g/mol. The molecule has 31 heavy (non-hydrogen) atoms. The van der Waals surface area contributed by atoms with Gasteiger partial charge in [-0.15, -0.1) is 0 Å². The first-order valence-electron chi connectivity index (χ1n) is 9.68. The fourth-order valence-electron chi connectivity index (χ4n) is 3.57. The van der Waals surface area contributed by atoms with Crippen LogP contribution >= 0.6 is 11.6 Å². The van der Waals surface area contributed by atoms with Crippen LogP contribution in [-0.2, 0) is 0 Å². The lowest BCUT2D eigenvalue weighted by atomic mass is 9.97. The van der Waals surface area contributed by atoms with Crippen molar-refractivity contribution in [2.75, 3.05) is 5.32 Å². The zero-order chi connectivity index (χ0) is 21.2. The summed E-state index contributed by atoms with van der Waals surface area (Å²) in [6.07, 6.45) is 0. The van der Waals surface area contributed by atoms with Gasteiger partial charge < -0.3 is 5.32 Å². The third-order valence-electron chi connectivity index (χ3n) is 5.06. The molecule has 0 aliphatic carbocycles. The Bertz CT molecular complexity index is 1380. The van der Waals surface area contributed by atoms with Gasteiger partial charge in [-0.05, 0) is 46.2 Å². The third-order valence-corrected chi connectivity index (χ3v) is 5.29. The molecular formula is C25H16ClN3O2. The van der Waals surface area contributed by atoms with Crippen LogP contribution in [0.15, 0.2) is 95.6 Å². The molecule has 1 N–H and O–H groups in total. The molecule has 0 saturated heterocycles. The second-order valence-corrected chi connectivity index (χ2v) is 7.43. The highest BCUT2D eigenvalue weighted by Crippen LogP contribution is 2.38. The van der Waals surface area contributed by atoms with E-state index < -0.39 is 0 Å². The molecule has 1 amide bonds. The number of rotatable bonds is 4. The second kappa shape index (κ2) is 8.05. The Labute approximate surface area is 183 Å². The number of benzene rings is 4. The van der Waals surface area contributed by atoms with Crippen molar-refractivity contribution < 1.29 is 9.42 Å². The molecule has 4 aromatic carbocycles. The number of carbonyl (C=O) groups excluding carboxylic acids is 1. The molecule has 6 heteroatoms. The molecule has 5 rings (SSSR count). The molecule has 150 valence electrons. The first kappa shape index (κ1) is 19.0. The number of halogens is 1. The Morgan fingerprint density at radius 3 is 2.13 bits per heavy atom. The van der Waals surface area contributed by atoms with Crippen molar-refractivity contribution >= 4 is 34.2 Å². The average molecular weight is 426 g/mol.